The smallest absolute Gasteiger partial charge is 0.249 e. The third-order valence-corrected chi connectivity index (χ3v) is 5.76. The summed E-state index contributed by atoms with van der Waals surface area (Å²) < 4.78 is 26.1. The molecule has 3 N–H and O–H groups in total. The number of aryl methyl sites for hydroxylation is 1. The van der Waals surface area contributed by atoms with Gasteiger partial charge in [-0.1, -0.05) is 47.5 Å². The first kappa shape index (κ1) is 24.7. The van der Waals surface area contributed by atoms with Crippen molar-refractivity contribution in [2.45, 2.75) is 12.8 Å². The van der Waals surface area contributed by atoms with Crippen molar-refractivity contribution >= 4 is 17.5 Å². The maximum absolute atomic E-state index is 15.6. The van der Waals surface area contributed by atoms with Crippen LogP contribution in [0.25, 0.3) is 11.1 Å². The summed E-state index contributed by atoms with van der Waals surface area (Å²) in [7, 11) is 3.41. The second-order valence-corrected chi connectivity index (χ2v) is 8.18. The summed E-state index contributed by atoms with van der Waals surface area (Å²) in [4.78, 5) is 12.2. The predicted octanol–water partition coefficient (Wildman–Crippen LogP) is 4.93. The SMILES string of the molecule is CNCC(c1cccc(C)c1)c1ccc(Cl)c(-c2c(C(N)=O)ccc(OCCOC)c2F)c1. The number of hydrogen-bond donors (Lipinski definition) is 2. The van der Waals surface area contributed by atoms with Gasteiger partial charge in [0.2, 0.25) is 5.91 Å². The minimum Gasteiger partial charge on any atom is -0.488 e. The van der Waals surface area contributed by atoms with Crippen LogP contribution in [0.3, 0.4) is 0 Å². The average Bonchev–Trinajstić information content (AvgIpc) is 2.79. The Morgan fingerprint density at radius 2 is 1.88 bits per heavy atom. The Balaban J connectivity index is 2.16. The van der Waals surface area contributed by atoms with Gasteiger partial charge in [-0.15, -0.1) is 0 Å². The molecule has 174 valence electrons. The van der Waals surface area contributed by atoms with Crippen molar-refractivity contribution in [3.8, 4) is 16.9 Å². The van der Waals surface area contributed by atoms with Crippen LogP contribution in [0.2, 0.25) is 5.02 Å². The highest BCUT2D eigenvalue weighted by Crippen LogP contribution is 2.39. The summed E-state index contributed by atoms with van der Waals surface area (Å²) in [6, 6.07) is 16.5. The molecule has 0 fully saturated rings. The first-order valence-corrected chi connectivity index (χ1v) is 11.0. The van der Waals surface area contributed by atoms with Gasteiger partial charge in [-0.05, 0) is 49.4 Å². The lowest BCUT2D eigenvalue weighted by atomic mass is 9.87. The highest BCUT2D eigenvalue weighted by atomic mass is 35.5. The third-order valence-electron chi connectivity index (χ3n) is 5.43. The molecule has 0 saturated heterocycles. The molecule has 3 aromatic rings. The summed E-state index contributed by atoms with van der Waals surface area (Å²) in [5, 5.41) is 3.53. The second-order valence-electron chi connectivity index (χ2n) is 7.77. The van der Waals surface area contributed by atoms with Crippen LogP contribution in [0, 0.1) is 12.7 Å². The molecule has 0 aliphatic rings. The molecule has 0 aromatic heterocycles. The van der Waals surface area contributed by atoms with Gasteiger partial charge < -0.3 is 20.5 Å². The minimum atomic E-state index is -0.751. The summed E-state index contributed by atoms with van der Waals surface area (Å²) in [5.41, 5.74) is 9.20. The lowest BCUT2D eigenvalue weighted by Crippen LogP contribution is -2.18. The van der Waals surface area contributed by atoms with E-state index in [4.69, 9.17) is 26.8 Å². The normalized spacial score (nSPS) is 11.9. The molecule has 1 amide bonds. The van der Waals surface area contributed by atoms with Crippen LogP contribution >= 0.6 is 11.6 Å². The Kier molecular flexibility index (Phi) is 8.44. The van der Waals surface area contributed by atoms with Gasteiger partial charge in [0.1, 0.15) is 6.61 Å². The Bertz CT molecular complexity index is 1140. The van der Waals surface area contributed by atoms with Crippen LogP contribution in [-0.2, 0) is 4.74 Å². The molecule has 33 heavy (non-hydrogen) atoms. The summed E-state index contributed by atoms with van der Waals surface area (Å²) in [6.07, 6.45) is 0. The zero-order chi connectivity index (χ0) is 24.0. The van der Waals surface area contributed by atoms with Crippen LogP contribution in [0.5, 0.6) is 5.75 Å². The Morgan fingerprint density at radius 3 is 2.55 bits per heavy atom. The van der Waals surface area contributed by atoms with E-state index in [0.717, 1.165) is 16.7 Å². The fourth-order valence-electron chi connectivity index (χ4n) is 3.84. The van der Waals surface area contributed by atoms with Crippen LogP contribution < -0.4 is 15.8 Å². The number of carbonyl (C=O) groups excluding carboxylic acids is 1. The predicted molar refractivity (Wildman–Crippen MR) is 130 cm³/mol. The van der Waals surface area contributed by atoms with Crippen molar-refractivity contribution < 1.29 is 18.7 Å². The summed E-state index contributed by atoms with van der Waals surface area (Å²) in [5.74, 6) is -1.45. The van der Waals surface area contributed by atoms with Gasteiger partial charge in [0.05, 0.1) is 12.2 Å². The number of primary amides is 1. The number of benzene rings is 3. The molecule has 0 bridgehead atoms. The van der Waals surface area contributed by atoms with Crippen LogP contribution in [0.4, 0.5) is 4.39 Å². The van der Waals surface area contributed by atoms with E-state index in [0.29, 0.717) is 23.7 Å². The average molecular weight is 471 g/mol. The molecule has 7 heteroatoms. The van der Waals surface area contributed by atoms with E-state index in [1.165, 1.54) is 19.2 Å². The van der Waals surface area contributed by atoms with Crippen molar-refractivity contribution in [1.82, 2.24) is 5.32 Å². The Hall–Kier alpha value is -2.93. The van der Waals surface area contributed by atoms with Gasteiger partial charge in [0.15, 0.2) is 11.6 Å². The Morgan fingerprint density at radius 1 is 1.12 bits per heavy atom. The number of halogens is 2. The van der Waals surface area contributed by atoms with Gasteiger partial charge in [-0.3, -0.25) is 4.79 Å². The molecular weight excluding hydrogens is 443 g/mol. The molecule has 5 nitrogen and oxygen atoms in total. The van der Waals surface area contributed by atoms with E-state index in [1.54, 1.807) is 6.07 Å². The summed E-state index contributed by atoms with van der Waals surface area (Å²) in [6.45, 7) is 3.16. The zero-order valence-corrected chi connectivity index (χ0v) is 19.7. The van der Waals surface area contributed by atoms with E-state index in [2.05, 4.69) is 17.4 Å². The first-order chi connectivity index (χ1) is 15.9. The highest BCUT2D eigenvalue weighted by molar-refractivity contribution is 6.33. The molecule has 0 heterocycles. The van der Waals surface area contributed by atoms with Crippen molar-refractivity contribution in [3.05, 3.63) is 87.7 Å². The first-order valence-electron chi connectivity index (χ1n) is 10.6. The van der Waals surface area contributed by atoms with E-state index < -0.39 is 11.7 Å². The maximum Gasteiger partial charge on any atom is 0.249 e. The number of hydrogen-bond acceptors (Lipinski definition) is 4. The van der Waals surface area contributed by atoms with Crippen molar-refractivity contribution in [2.24, 2.45) is 5.73 Å². The number of carbonyl (C=O) groups is 1. The topological polar surface area (TPSA) is 73.6 Å². The third kappa shape index (κ3) is 5.71. The van der Waals surface area contributed by atoms with Gasteiger partial charge >= 0.3 is 0 Å². The molecule has 1 unspecified atom stereocenters. The number of amides is 1. The number of methoxy groups -OCH3 is 1. The van der Waals surface area contributed by atoms with Gasteiger partial charge in [0.25, 0.3) is 0 Å². The maximum atomic E-state index is 15.6. The number of ether oxygens (including phenoxy) is 2. The number of nitrogens with one attached hydrogen (secondary N) is 1. The monoisotopic (exact) mass is 470 g/mol. The van der Waals surface area contributed by atoms with E-state index in [1.807, 2.05) is 38.2 Å². The summed E-state index contributed by atoms with van der Waals surface area (Å²) >= 11 is 6.52. The largest absolute Gasteiger partial charge is 0.488 e. The van der Waals surface area contributed by atoms with Crippen LogP contribution in [0.1, 0.15) is 33.0 Å². The van der Waals surface area contributed by atoms with Gasteiger partial charge in [0, 0.05) is 35.7 Å². The molecule has 0 aliphatic carbocycles. The van der Waals surface area contributed by atoms with Crippen molar-refractivity contribution in [1.29, 1.82) is 0 Å². The Labute approximate surface area is 198 Å². The molecule has 3 aromatic carbocycles. The number of nitrogens with two attached hydrogens (primary N) is 1. The quantitative estimate of drug-likeness (QED) is 0.412. The lowest BCUT2D eigenvalue weighted by Gasteiger charge is -2.21. The zero-order valence-electron chi connectivity index (χ0n) is 19.0. The van der Waals surface area contributed by atoms with Crippen molar-refractivity contribution in [3.63, 3.8) is 0 Å². The molecule has 3 rings (SSSR count). The molecular formula is C26H28ClFN2O3. The fourth-order valence-corrected chi connectivity index (χ4v) is 4.05. The molecule has 0 spiro atoms. The number of rotatable bonds is 10. The second kappa shape index (κ2) is 11.3. The van der Waals surface area contributed by atoms with Crippen molar-refractivity contribution in [2.75, 3.05) is 33.9 Å². The van der Waals surface area contributed by atoms with E-state index >= 15 is 4.39 Å². The fraction of sp³-hybridized carbons (Fsp3) is 0.269. The highest BCUT2D eigenvalue weighted by Gasteiger charge is 2.23. The number of likely N-dealkylation sites (N-methyl/N-ethyl adjacent to an activating group) is 1. The molecule has 1 atom stereocenters. The van der Waals surface area contributed by atoms with Gasteiger partial charge in [-0.2, -0.15) is 0 Å². The van der Waals surface area contributed by atoms with Crippen LogP contribution in [-0.4, -0.2) is 39.8 Å². The standard InChI is InChI=1S/C26H28ClFN2O3/c1-16-5-4-6-17(13-16)21(15-30-2)18-7-9-22(27)20(14-18)24-19(26(29)31)8-10-23(25(24)28)33-12-11-32-3/h4-10,13-14,21,30H,11-12,15H2,1-3H3,(H2,29,31). The molecule has 0 saturated carbocycles. The van der Waals surface area contributed by atoms with Gasteiger partial charge in [-0.25, -0.2) is 4.39 Å². The van der Waals surface area contributed by atoms with Crippen LogP contribution in [0.15, 0.2) is 54.6 Å². The molecule has 0 aliphatic heterocycles. The van der Waals surface area contributed by atoms with E-state index in [-0.39, 0.29) is 29.4 Å². The lowest BCUT2D eigenvalue weighted by molar-refractivity contribution is 0.1000. The molecule has 0 radical (unpaired) electrons. The van der Waals surface area contributed by atoms with E-state index in [9.17, 15) is 4.79 Å². The minimum absolute atomic E-state index is 0.000946.